The van der Waals surface area contributed by atoms with Crippen molar-refractivity contribution in [1.82, 2.24) is 10.0 Å². The molecule has 2 aromatic carbocycles. The monoisotopic (exact) mass is 454 g/mol. The number of rotatable bonds is 8. The van der Waals surface area contributed by atoms with Crippen molar-refractivity contribution in [1.29, 1.82) is 0 Å². The van der Waals surface area contributed by atoms with Crippen LogP contribution in [0.1, 0.15) is 28.8 Å². The zero-order valence-electron chi connectivity index (χ0n) is 16.4. The second-order valence-corrected chi connectivity index (χ2v) is 8.96. The summed E-state index contributed by atoms with van der Waals surface area (Å²) < 4.78 is 38.3. The molecule has 1 fully saturated rings. The van der Waals surface area contributed by atoms with Crippen molar-refractivity contribution in [2.75, 3.05) is 20.3 Å². The summed E-state index contributed by atoms with van der Waals surface area (Å²) in [4.78, 5) is 12.4. The van der Waals surface area contributed by atoms with Crippen LogP contribution in [0.3, 0.4) is 0 Å². The van der Waals surface area contributed by atoms with E-state index in [-0.39, 0.29) is 40.4 Å². The number of ether oxygens (including phenoxy) is 2. The molecule has 1 aliphatic heterocycles. The minimum Gasteiger partial charge on any atom is -0.504 e. The van der Waals surface area contributed by atoms with Gasteiger partial charge in [-0.3, -0.25) is 4.79 Å². The van der Waals surface area contributed by atoms with Gasteiger partial charge in [-0.1, -0.05) is 17.7 Å². The molecule has 0 bridgehead atoms. The van der Waals surface area contributed by atoms with Gasteiger partial charge in [0, 0.05) is 25.3 Å². The SMILES string of the molecule is COc1cc(CNC(=O)c2ccc(Cl)c(S(=O)(=O)NCC3CCCO3)c2)ccc1O. The molecular formula is C20H23ClN2O6S. The minimum atomic E-state index is -3.90. The molecule has 8 nitrogen and oxygen atoms in total. The molecule has 2 aromatic rings. The molecule has 1 unspecified atom stereocenters. The van der Waals surface area contributed by atoms with Crippen LogP contribution >= 0.6 is 11.6 Å². The van der Waals surface area contributed by atoms with Crippen molar-refractivity contribution in [3.63, 3.8) is 0 Å². The number of hydrogen-bond donors (Lipinski definition) is 3. The molecule has 0 spiro atoms. The third-order valence-corrected chi connectivity index (χ3v) is 6.61. The second-order valence-electron chi connectivity index (χ2n) is 6.82. The number of amides is 1. The Kier molecular flexibility index (Phi) is 7.19. The van der Waals surface area contributed by atoms with Crippen molar-refractivity contribution >= 4 is 27.5 Å². The second kappa shape index (κ2) is 9.65. The van der Waals surface area contributed by atoms with Crippen LogP contribution in [-0.4, -0.2) is 45.8 Å². The van der Waals surface area contributed by atoms with Gasteiger partial charge in [0.25, 0.3) is 5.91 Å². The maximum absolute atomic E-state index is 12.6. The fraction of sp³-hybridized carbons (Fsp3) is 0.350. The summed E-state index contributed by atoms with van der Waals surface area (Å²) in [5, 5.41) is 12.4. The van der Waals surface area contributed by atoms with Crippen molar-refractivity contribution in [2.45, 2.75) is 30.4 Å². The van der Waals surface area contributed by atoms with E-state index in [9.17, 15) is 18.3 Å². The Morgan fingerprint density at radius 3 is 2.80 bits per heavy atom. The van der Waals surface area contributed by atoms with E-state index >= 15 is 0 Å². The molecule has 1 saturated heterocycles. The number of phenols is 1. The van der Waals surface area contributed by atoms with Crippen LogP contribution in [0.5, 0.6) is 11.5 Å². The summed E-state index contributed by atoms with van der Waals surface area (Å²) in [6, 6.07) is 8.78. The number of carbonyl (C=O) groups excluding carboxylic acids is 1. The Morgan fingerprint density at radius 2 is 2.10 bits per heavy atom. The molecule has 0 radical (unpaired) electrons. The first-order valence-corrected chi connectivity index (χ1v) is 11.2. The van der Waals surface area contributed by atoms with Gasteiger partial charge in [-0.05, 0) is 48.7 Å². The number of methoxy groups -OCH3 is 1. The Morgan fingerprint density at radius 1 is 1.30 bits per heavy atom. The molecule has 1 heterocycles. The lowest BCUT2D eigenvalue weighted by molar-refractivity contribution is 0.0950. The fourth-order valence-corrected chi connectivity index (χ4v) is 4.64. The van der Waals surface area contributed by atoms with E-state index in [0.29, 0.717) is 17.9 Å². The molecule has 1 atom stereocenters. The molecular weight excluding hydrogens is 432 g/mol. The maximum Gasteiger partial charge on any atom is 0.251 e. The standard InChI is InChI=1S/C20H23ClN2O6S/c1-28-18-9-13(4-7-17(18)24)11-22-20(25)14-5-6-16(21)19(10-14)30(26,27)23-12-15-3-2-8-29-15/h4-7,9-10,15,23-24H,2-3,8,11-12H2,1H3,(H,22,25). The molecule has 3 N–H and O–H groups in total. The molecule has 0 aliphatic carbocycles. The number of sulfonamides is 1. The van der Waals surface area contributed by atoms with E-state index in [4.69, 9.17) is 21.1 Å². The van der Waals surface area contributed by atoms with Crippen LogP contribution in [0.25, 0.3) is 0 Å². The van der Waals surface area contributed by atoms with Gasteiger partial charge in [0.1, 0.15) is 4.90 Å². The van der Waals surface area contributed by atoms with E-state index in [0.717, 1.165) is 12.8 Å². The van der Waals surface area contributed by atoms with Gasteiger partial charge in [-0.2, -0.15) is 0 Å². The van der Waals surface area contributed by atoms with E-state index < -0.39 is 15.9 Å². The summed E-state index contributed by atoms with van der Waals surface area (Å²) >= 11 is 6.08. The average molecular weight is 455 g/mol. The first-order valence-electron chi connectivity index (χ1n) is 9.35. The van der Waals surface area contributed by atoms with Crippen LogP contribution in [0.2, 0.25) is 5.02 Å². The van der Waals surface area contributed by atoms with Crippen LogP contribution < -0.4 is 14.8 Å². The summed E-state index contributed by atoms with van der Waals surface area (Å²) in [6.45, 7) is 0.935. The van der Waals surface area contributed by atoms with Crippen LogP contribution in [0.15, 0.2) is 41.3 Å². The molecule has 10 heteroatoms. The summed E-state index contributed by atoms with van der Waals surface area (Å²) in [5.41, 5.74) is 0.862. The van der Waals surface area contributed by atoms with Crippen molar-refractivity contribution in [3.05, 3.63) is 52.5 Å². The van der Waals surface area contributed by atoms with E-state index in [1.54, 1.807) is 12.1 Å². The molecule has 30 heavy (non-hydrogen) atoms. The van der Waals surface area contributed by atoms with Crippen molar-refractivity contribution in [3.8, 4) is 11.5 Å². The zero-order valence-corrected chi connectivity index (χ0v) is 17.9. The van der Waals surface area contributed by atoms with Gasteiger partial charge in [0.05, 0.1) is 18.2 Å². The van der Waals surface area contributed by atoms with Gasteiger partial charge in [0.2, 0.25) is 10.0 Å². The number of hydrogen-bond acceptors (Lipinski definition) is 6. The summed E-state index contributed by atoms with van der Waals surface area (Å²) in [5.74, 6) is -0.177. The number of benzene rings is 2. The maximum atomic E-state index is 12.6. The van der Waals surface area contributed by atoms with E-state index in [1.165, 1.54) is 31.4 Å². The van der Waals surface area contributed by atoms with Gasteiger partial charge >= 0.3 is 0 Å². The first-order chi connectivity index (χ1) is 14.3. The first kappa shape index (κ1) is 22.4. The fourth-order valence-electron chi connectivity index (χ4n) is 3.05. The Labute approximate surface area is 180 Å². The quantitative estimate of drug-likeness (QED) is 0.564. The highest BCUT2D eigenvalue weighted by Gasteiger charge is 2.23. The molecule has 0 saturated carbocycles. The lowest BCUT2D eigenvalue weighted by Gasteiger charge is -2.13. The molecule has 0 aromatic heterocycles. The van der Waals surface area contributed by atoms with Gasteiger partial charge < -0.3 is 19.9 Å². The summed E-state index contributed by atoms with van der Waals surface area (Å²) in [6.07, 6.45) is 1.53. The Balaban J connectivity index is 1.69. The highest BCUT2D eigenvalue weighted by molar-refractivity contribution is 7.89. The van der Waals surface area contributed by atoms with E-state index in [1.807, 2.05) is 0 Å². The number of carbonyl (C=O) groups is 1. The predicted molar refractivity (Wildman–Crippen MR) is 111 cm³/mol. The Bertz CT molecular complexity index is 1020. The van der Waals surface area contributed by atoms with Gasteiger partial charge in [-0.15, -0.1) is 0 Å². The van der Waals surface area contributed by atoms with Crippen LogP contribution in [0.4, 0.5) is 0 Å². The lowest BCUT2D eigenvalue weighted by atomic mass is 10.1. The van der Waals surface area contributed by atoms with Crippen molar-refractivity contribution < 1.29 is 27.8 Å². The average Bonchev–Trinajstić information content (AvgIpc) is 3.25. The minimum absolute atomic E-state index is 0.00405. The van der Waals surface area contributed by atoms with Gasteiger partial charge in [0.15, 0.2) is 11.5 Å². The number of aromatic hydroxyl groups is 1. The largest absolute Gasteiger partial charge is 0.504 e. The number of halogens is 1. The highest BCUT2D eigenvalue weighted by atomic mass is 35.5. The van der Waals surface area contributed by atoms with Crippen LogP contribution in [0, 0.1) is 0 Å². The Hall–Kier alpha value is -2.33. The topological polar surface area (TPSA) is 114 Å². The molecule has 3 rings (SSSR count). The predicted octanol–water partition coefficient (Wildman–Crippen LogP) is 2.44. The zero-order chi connectivity index (χ0) is 21.7. The van der Waals surface area contributed by atoms with Crippen molar-refractivity contribution in [2.24, 2.45) is 0 Å². The number of nitrogens with one attached hydrogen (secondary N) is 2. The molecule has 162 valence electrons. The number of phenolic OH excluding ortho intramolecular Hbond substituents is 1. The van der Waals surface area contributed by atoms with Gasteiger partial charge in [-0.25, -0.2) is 13.1 Å². The summed E-state index contributed by atoms with van der Waals surface area (Å²) in [7, 11) is -2.47. The van der Waals surface area contributed by atoms with Crippen LogP contribution in [-0.2, 0) is 21.3 Å². The normalized spacial score (nSPS) is 16.4. The third-order valence-electron chi connectivity index (χ3n) is 4.71. The third kappa shape index (κ3) is 5.42. The molecule has 1 amide bonds. The highest BCUT2D eigenvalue weighted by Crippen LogP contribution is 2.26. The van der Waals surface area contributed by atoms with E-state index in [2.05, 4.69) is 10.0 Å². The molecule has 1 aliphatic rings. The lowest BCUT2D eigenvalue weighted by Crippen LogP contribution is -2.32. The smallest absolute Gasteiger partial charge is 0.251 e.